The molecule has 0 bridgehead atoms. The highest BCUT2D eigenvalue weighted by atomic mass is 16.6. The molecule has 4 nitrogen and oxygen atoms in total. The first kappa shape index (κ1) is 14.9. The van der Waals surface area contributed by atoms with Crippen molar-refractivity contribution >= 4 is 12.0 Å². The van der Waals surface area contributed by atoms with E-state index in [1.54, 1.807) is 21.0 Å². The highest BCUT2D eigenvalue weighted by Gasteiger charge is 2.19. The van der Waals surface area contributed by atoms with Crippen LogP contribution in [0, 0.1) is 11.3 Å². The summed E-state index contributed by atoms with van der Waals surface area (Å²) >= 11 is 0. The highest BCUT2D eigenvalue weighted by molar-refractivity contribution is 5.97. The average molecular weight is 259 g/mol. The number of carbonyl (C=O) groups excluding carboxylic acids is 1. The fraction of sp³-hybridized carbons (Fsp3) is 0.333. The van der Waals surface area contributed by atoms with E-state index >= 15 is 0 Å². The van der Waals surface area contributed by atoms with Crippen molar-refractivity contribution in [3.63, 3.8) is 0 Å². The van der Waals surface area contributed by atoms with Gasteiger partial charge >= 0.3 is 5.97 Å². The first-order valence-electron chi connectivity index (χ1n) is 5.99. The predicted molar refractivity (Wildman–Crippen MR) is 72.1 cm³/mol. The Kier molecular flexibility index (Phi) is 5.77. The Bertz CT molecular complexity index is 488. The molecule has 100 valence electrons. The third-order valence-electron chi connectivity index (χ3n) is 2.78. The predicted octanol–water partition coefficient (Wildman–Crippen LogP) is 2.56. The minimum Gasteiger partial charge on any atom is -0.456 e. The molecular formula is C15H17NO3. The number of nitrogens with zero attached hydrogens (tertiary/aromatic N) is 1. The van der Waals surface area contributed by atoms with Gasteiger partial charge in [-0.05, 0) is 25.5 Å². The molecule has 1 aromatic rings. The maximum Gasteiger partial charge on any atom is 0.349 e. The van der Waals surface area contributed by atoms with E-state index in [0.29, 0.717) is 0 Å². The van der Waals surface area contributed by atoms with Gasteiger partial charge in [0.2, 0.25) is 0 Å². The molecule has 19 heavy (non-hydrogen) atoms. The van der Waals surface area contributed by atoms with E-state index < -0.39 is 12.1 Å². The molecule has 0 amide bonds. The molecule has 2 atom stereocenters. The van der Waals surface area contributed by atoms with Crippen LogP contribution in [0.1, 0.15) is 19.4 Å². The lowest BCUT2D eigenvalue weighted by atomic mass is 10.1. The topological polar surface area (TPSA) is 59.3 Å². The van der Waals surface area contributed by atoms with Crippen molar-refractivity contribution < 1.29 is 14.3 Å². The second kappa shape index (κ2) is 7.34. The molecule has 4 heteroatoms. The number of nitriles is 1. The maximum atomic E-state index is 11.8. The summed E-state index contributed by atoms with van der Waals surface area (Å²) in [5, 5.41) is 9.02. The van der Waals surface area contributed by atoms with Crippen LogP contribution >= 0.6 is 0 Å². The molecule has 0 heterocycles. The number of hydrogen-bond donors (Lipinski definition) is 0. The van der Waals surface area contributed by atoms with Gasteiger partial charge in [-0.1, -0.05) is 30.3 Å². The van der Waals surface area contributed by atoms with Crippen molar-refractivity contribution in [1.29, 1.82) is 5.26 Å². The van der Waals surface area contributed by atoms with Gasteiger partial charge in [-0.15, -0.1) is 0 Å². The number of benzene rings is 1. The molecule has 0 aliphatic rings. The number of carbonyl (C=O) groups is 1. The fourth-order valence-electron chi connectivity index (χ4n) is 1.37. The number of methoxy groups -OCH3 is 1. The summed E-state index contributed by atoms with van der Waals surface area (Å²) in [4.78, 5) is 11.8. The molecule has 0 saturated carbocycles. The largest absolute Gasteiger partial charge is 0.456 e. The van der Waals surface area contributed by atoms with E-state index in [2.05, 4.69) is 0 Å². The van der Waals surface area contributed by atoms with E-state index in [1.807, 2.05) is 36.4 Å². The Hall–Kier alpha value is -2.12. The molecule has 0 radical (unpaired) electrons. The summed E-state index contributed by atoms with van der Waals surface area (Å²) in [7, 11) is 1.54. The van der Waals surface area contributed by atoms with E-state index in [-0.39, 0.29) is 11.7 Å². The van der Waals surface area contributed by atoms with Crippen molar-refractivity contribution in [2.24, 2.45) is 0 Å². The molecular weight excluding hydrogens is 242 g/mol. The van der Waals surface area contributed by atoms with Crippen LogP contribution in [0.3, 0.4) is 0 Å². The van der Waals surface area contributed by atoms with Crippen molar-refractivity contribution in [3.8, 4) is 6.07 Å². The summed E-state index contributed by atoms with van der Waals surface area (Å²) in [6.07, 6.45) is 0.873. The van der Waals surface area contributed by atoms with Crippen LogP contribution in [0.4, 0.5) is 0 Å². The smallest absolute Gasteiger partial charge is 0.349 e. The van der Waals surface area contributed by atoms with Crippen molar-refractivity contribution in [2.45, 2.75) is 26.1 Å². The molecule has 0 fully saturated rings. The number of hydrogen-bond acceptors (Lipinski definition) is 4. The Morgan fingerprint density at radius 3 is 2.42 bits per heavy atom. The van der Waals surface area contributed by atoms with Crippen LogP contribution in [0.25, 0.3) is 6.08 Å². The third-order valence-corrected chi connectivity index (χ3v) is 2.78. The zero-order valence-electron chi connectivity index (χ0n) is 11.3. The summed E-state index contributed by atoms with van der Waals surface area (Å²) in [5.74, 6) is -0.636. The molecule has 1 aromatic carbocycles. The van der Waals surface area contributed by atoms with Gasteiger partial charge in [-0.25, -0.2) is 4.79 Å². The molecule has 1 rings (SSSR count). The molecule has 0 spiro atoms. The minimum atomic E-state index is -0.636. The summed E-state index contributed by atoms with van der Waals surface area (Å²) in [5.41, 5.74) is 0.754. The number of ether oxygens (including phenoxy) is 2. The van der Waals surface area contributed by atoms with Gasteiger partial charge in [-0.2, -0.15) is 5.26 Å². The molecule has 2 unspecified atom stereocenters. The van der Waals surface area contributed by atoms with Crippen LogP contribution in [-0.2, 0) is 14.3 Å². The zero-order valence-corrected chi connectivity index (χ0v) is 11.3. The quantitative estimate of drug-likeness (QED) is 0.463. The third kappa shape index (κ3) is 4.57. The van der Waals surface area contributed by atoms with Gasteiger partial charge < -0.3 is 9.47 Å². The minimum absolute atomic E-state index is 0.0265. The van der Waals surface area contributed by atoms with Crippen molar-refractivity contribution in [3.05, 3.63) is 41.5 Å². The lowest BCUT2D eigenvalue weighted by Crippen LogP contribution is -2.28. The van der Waals surface area contributed by atoms with Crippen molar-refractivity contribution in [2.75, 3.05) is 7.11 Å². The fourth-order valence-corrected chi connectivity index (χ4v) is 1.37. The maximum absolute atomic E-state index is 11.8. The molecule has 0 N–H and O–H groups in total. The lowest BCUT2D eigenvalue weighted by molar-refractivity contribution is -0.148. The second-order valence-electron chi connectivity index (χ2n) is 4.13. The lowest BCUT2D eigenvalue weighted by Gasteiger charge is -2.18. The van der Waals surface area contributed by atoms with Crippen LogP contribution in [-0.4, -0.2) is 25.3 Å². The van der Waals surface area contributed by atoms with Crippen LogP contribution in [0.2, 0.25) is 0 Å². The summed E-state index contributed by atoms with van der Waals surface area (Å²) < 4.78 is 10.2. The highest BCUT2D eigenvalue weighted by Crippen LogP contribution is 2.10. The number of esters is 1. The van der Waals surface area contributed by atoms with Gasteiger partial charge in [0.25, 0.3) is 0 Å². The van der Waals surface area contributed by atoms with E-state index in [9.17, 15) is 4.79 Å². The van der Waals surface area contributed by atoms with E-state index in [4.69, 9.17) is 14.7 Å². The van der Waals surface area contributed by atoms with Crippen molar-refractivity contribution in [1.82, 2.24) is 0 Å². The van der Waals surface area contributed by atoms with Gasteiger partial charge in [0, 0.05) is 7.11 Å². The van der Waals surface area contributed by atoms with E-state index in [0.717, 1.165) is 5.56 Å². The van der Waals surface area contributed by atoms with Gasteiger partial charge in [-0.3, -0.25) is 0 Å². The Labute approximate surface area is 113 Å². The monoisotopic (exact) mass is 259 g/mol. The van der Waals surface area contributed by atoms with Crippen LogP contribution in [0.5, 0.6) is 0 Å². The molecule has 0 saturated heterocycles. The number of rotatable bonds is 5. The molecule has 0 aliphatic carbocycles. The van der Waals surface area contributed by atoms with Gasteiger partial charge in [0.15, 0.2) is 0 Å². The van der Waals surface area contributed by atoms with E-state index in [1.165, 1.54) is 6.08 Å². The first-order valence-corrected chi connectivity index (χ1v) is 5.99. The Morgan fingerprint density at radius 2 is 1.89 bits per heavy atom. The first-order chi connectivity index (χ1) is 9.08. The Morgan fingerprint density at radius 1 is 1.26 bits per heavy atom. The molecule has 0 aliphatic heterocycles. The Balaban J connectivity index is 2.79. The van der Waals surface area contributed by atoms with Crippen LogP contribution < -0.4 is 0 Å². The van der Waals surface area contributed by atoms with Gasteiger partial charge in [0.1, 0.15) is 17.7 Å². The average Bonchev–Trinajstić information content (AvgIpc) is 2.44. The zero-order chi connectivity index (χ0) is 14.3. The summed E-state index contributed by atoms with van der Waals surface area (Å²) in [6, 6.07) is 11.0. The molecule has 0 aromatic heterocycles. The normalized spacial score (nSPS) is 14.3. The summed E-state index contributed by atoms with van der Waals surface area (Å²) in [6.45, 7) is 3.52. The second-order valence-corrected chi connectivity index (χ2v) is 4.13. The standard InChI is InChI=1S/C15H17NO3/c1-11(18-3)12(2)19-15(17)14(10-16)9-13-7-5-4-6-8-13/h4-9,11-12H,1-3H3/b14-9+. The SMILES string of the molecule is COC(C)C(C)OC(=O)/C(C#N)=C/c1ccccc1. The van der Waals surface area contributed by atoms with Gasteiger partial charge in [0.05, 0.1) is 6.10 Å². The van der Waals surface area contributed by atoms with Crippen LogP contribution in [0.15, 0.2) is 35.9 Å².